The first-order chi connectivity index (χ1) is 8.59. The molecule has 18 heavy (non-hydrogen) atoms. The van der Waals surface area contributed by atoms with Crippen LogP contribution in [-0.2, 0) is 4.79 Å². The number of carbonyl (C=O) groups is 1. The van der Waals surface area contributed by atoms with Gasteiger partial charge in [0, 0.05) is 26.2 Å². The number of carbonyl (C=O) groups excluding carboxylic acids is 1. The summed E-state index contributed by atoms with van der Waals surface area (Å²) >= 11 is 6.18. The lowest BCUT2D eigenvalue weighted by Crippen LogP contribution is -2.53. The van der Waals surface area contributed by atoms with Gasteiger partial charge in [0.1, 0.15) is 0 Å². The smallest absolute Gasteiger partial charge is 0.234 e. The molecule has 98 valence electrons. The summed E-state index contributed by atoms with van der Waals surface area (Å²) in [6.07, 6.45) is 0. The average Bonchev–Trinajstić information content (AvgIpc) is 2.38. The standard InChI is InChI=1S/C13H18ClN3O/c1-10(13(15)18)16-6-8-17(9-7-16)12-5-3-2-4-11(12)14/h2-5,10H,6-9H2,1H3,(H2,15,18)/t10-/m0/s1. The van der Waals surface area contributed by atoms with Crippen molar-refractivity contribution in [3.05, 3.63) is 29.3 Å². The van der Waals surface area contributed by atoms with Crippen LogP contribution in [0.1, 0.15) is 6.92 Å². The van der Waals surface area contributed by atoms with Crippen molar-refractivity contribution >= 4 is 23.2 Å². The Balaban J connectivity index is 1.99. The molecule has 0 unspecified atom stereocenters. The Morgan fingerprint density at radius 3 is 2.44 bits per heavy atom. The van der Waals surface area contributed by atoms with E-state index in [-0.39, 0.29) is 11.9 Å². The Morgan fingerprint density at radius 2 is 1.89 bits per heavy atom. The fourth-order valence-corrected chi connectivity index (χ4v) is 2.49. The highest BCUT2D eigenvalue weighted by Crippen LogP contribution is 2.26. The molecular formula is C13H18ClN3O. The van der Waals surface area contributed by atoms with Crippen LogP contribution in [0, 0.1) is 0 Å². The molecule has 4 nitrogen and oxygen atoms in total. The molecule has 1 atom stereocenters. The van der Waals surface area contributed by atoms with Crippen LogP contribution in [-0.4, -0.2) is 43.0 Å². The van der Waals surface area contributed by atoms with E-state index < -0.39 is 0 Å². The number of amides is 1. The lowest BCUT2D eigenvalue weighted by atomic mass is 10.2. The van der Waals surface area contributed by atoms with Crippen LogP contribution >= 0.6 is 11.6 Å². The minimum atomic E-state index is -0.263. The number of para-hydroxylation sites is 1. The summed E-state index contributed by atoms with van der Waals surface area (Å²) in [6, 6.07) is 7.64. The lowest BCUT2D eigenvalue weighted by molar-refractivity contribution is -0.122. The summed E-state index contributed by atoms with van der Waals surface area (Å²) in [6.45, 7) is 5.24. The van der Waals surface area contributed by atoms with Crippen LogP contribution in [0.4, 0.5) is 5.69 Å². The second kappa shape index (κ2) is 5.59. The summed E-state index contributed by atoms with van der Waals surface area (Å²) in [4.78, 5) is 15.5. The molecule has 0 radical (unpaired) electrons. The van der Waals surface area contributed by atoms with Gasteiger partial charge in [0.05, 0.1) is 16.8 Å². The van der Waals surface area contributed by atoms with Crippen molar-refractivity contribution in [1.82, 2.24) is 4.90 Å². The third kappa shape index (κ3) is 2.76. The number of anilines is 1. The molecule has 2 N–H and O–H groups in total. The van der Waals surface area contributed by atoms with E-state index in [2.05, 4.69) is 9.80 Å². The number of hydrogen-bond acceptors (Lipinski definition) is 3. The van der Waals surface area contributed by atoms with Gasteiger partial charge in [-0.05, 0) is 19.1 Å². The normalized spacial score (nSPS) is 18.7. The van der Waals surface area contributed by atoms with Crippen molar-refractivity contribution in [3.8, 4) is 0 Å². The van der Waals surface area contributed by atoms with E-state index in [1.807, 2.05) is 31.2 Å². The molecule has 1 aromatic carbocycles. The highest BCUT2D eigenvalue weighted by molar-refractivity contribution is 6.33. The number of benzene rings is 1. The van der Waals surface area contributed by atoms with E-state index in [4.69, 9.17) is 17.3 Å². The first-order valence-corrected chi connectivity index (χ1v) is 6.50. The predicted molar refractivity (Wildman–Crippen MR) is 73.9 cm³/mol. The third-order valence-electron chi connectivity index (χ3n) is 3.47. The van der Waals surface area contributed by atoms with E-state index in [0.717, 1.165) is 36.9 Å². The zero-order valence-electron chi connectivity index (χ0n) is 10.5. The number of halogens is 1. The average molecular weight is 268 g/mol. The van der Waals surface area contributed by atoms with E-state index in [0.29, 0.717) is 0 Å². The Kier molecular flexibility index (Phi) is 4.09. The van der Waals surface area contributed by atoms with Gasteiger partial charge >= 0.3 is 0 Å². The maximum atomic E-state index is 11.2. The minimum Gasteiger partial charge on any atom is -0.368 e. The Bertz CT molecular complexity index is 430. The van der Waals surface area contributed by atoms with Crippen LogP contribution in [0.2, 0.25) is 5.02 Å². The number of piperazine rings is 1. The van der Waals surface area contributed by atoms with Gasteiger partial charge in [-0.15, -0.1) is 0 Å². The Morgan fingerprint density at radius 1 is 1.28 bits per heavy atom. The molecule has 0 spiro atoms. The molecule has 5 heteroatoms. The summed E-state index contributed by atoms with van der Waals surface area (Å²) in [5, 5.41) is 0.772. The van der Waals surface area contributed by atoms with Crippen LogP contribution < -0.4 is 10.6 Å². The predicted octanol–water partition coefficient (Wildman–Crippen LogP) is 1.34. The van der Waals surface area contributed by atoms with Crippen LogP contribution in [0.15, 0.2) is 24.3 Å². The van der Waals surface area contributed by atoms with Gasteiger partial charge in [0.25, 0.3) is 0 Å². The molecule has 1 aliphatic rings. The van der Waals surface area contributed by atoms with Gasteiger partial charge in [0.15, 0.2) is 0 Å². The molecule has 1 aliphatic heterocycles. The minimum absolute atomic E-state index is 0.196. The number of nitrogens with two attached hydrogens (primary N) is 1. The number of rotatable bonds is 3. The molecular weight excluding hydrogens is 250 g/mol. The third-order valence-corrected chi connectivity index (χ3v) is 3.79. The number of hydrogen-bond donors (Lipinski definition) is 1. The lowest BCUT2D eigenvalue weighted by Gasteiger charge is -2.38. The van der Waals surface area contributed by atoms with Crippen molar-refractivity contribution in [2.75, 3.05) is 31.1 Å². The first kappa shape index (κ1) is 13.2. The van der Waals surface area contributed by atoms with Crippen LogP contribution in [0.25, 0.3) is 0 Å². The monoisotopic (exact) mass is 267 g/mol. The van der Waals surface area contributed by atoms with Crippen LogP contribution in [0.3, 0.4) is 0 Å². The first-order valence-electron chi connectivity index (χ1n) is 6.12. The van der Waals surface area contributed by atoms with Gasteiger partial charge in [0.2, 0.25) is 5.91 Å². The number of primary amides is 1. The zero-order chi connectivity index (χ0) is 13.1. The number of nitrogens with zero attached hydrogens (tertiary/aromatic N) is 2. The molecule has 1 amide bonds. The second-order valence-corrected chi connectivity index (χ2v) is 4.96. The Hall–Kier alpha value is -1.26. The van der Waals surface area contributed by atoms with E-state index in [1.165, 1.54) is 0 Å². The van der Waals surface area contributed by atoms with Crippen molar-refractivity contribution in [2.24, 2.45) is 5.73 Å². The summed E-state index contributed by atoms with van der Waals surface area (Å²) in [5.74, 6) is -0.263. The van der Waals surface area contributed by atoms with E-state index in [9.17, 15) is 4.79 Å². The van der Waals surface area contributed by atoms with Crippen molar-refractivity contribution < 1.29 is 4.79 Å². The van der Waals surface area contributed by atoms with E-state index >= 15 is 0 Å². The fourth-order valence-electron chi connectivity index (χ4n) is 2.24. The second-order valence-electron chi connectivity index (χ2n) is 4.55. The molecule has 1 saturated heterocycles. The molecule has 2 rings (SSSR count). The quantitative estimate of drug-likeness (QED) is 0.899. The van der Waals surface area contributed by atoms with Gasteiger partial charge in [-0.3, -0.25) is 9.69 Å². The highest BCUT2D eigenvalue weighted by Gasteiger charge is 2.24. The molecule has 0 saturated carbocycles. The summed E-state index contributed by atoms with van der Waals surface area (Å²) in [5.41, 5.74) is 6.38. The molecule has 1 aromatic rings. The topological polar surface area (TPSA) is 49.6 Å². The highest BCUT2D eigenvalue weighted by atomic mass is 35.5. The SMILES string of the molecule is C[C@@H](C(N)=O)N1CCN(c2ccccc2Cl)CC1. The summed E-state index contributed by atoms with van der Waals surface area (Å²) in [7, 11) is 0. The fraction of sp³-hybridized carbons (Fsp3) is 0.462. The van der Waals surface area contributed by atoms with Gasteiger partial charge in [-0.2, -0.15) is 0 Å². The molecule has 0 aliphatic carbocycles. The van der Waals surface area contributed by atoms with Gasteiger partial charge in [-0.1, -0.05) is 23.7 Å². The molecule has 1 heterocycles. The molecule has 0 bridgehead atoms. The maximum Gasteiger partial charge on any atom is 0.234 e. The van der Waals surface area contributed by atoms with Crippen LogP contribution in [0.5, 0.6) is 0 Å². The Labute approximate surface area is 112 Å². The molecule has 0 aromatic heterocycles. The maximum absolute atomic E-state index is 11.2. The van der Waals surface area contributed by atoms with Gasteiger partial charge in [-0.25, -0.2) is 0 Å². The van der Waals surface area contributed by atoms with Gasteiger partial charge < -0.3 is 10.6 Å². The zero-order valence-corrected chi connectivity index (χ0v) is 11.2. The largest absolute Gasteiger partial charge is 0.368 e. The van der Waals surface area contributed by atoms with Crippen molar-refractivity contribution in [3.63, 3.8) is 0 Å². The summed E-state index contributed by atoms with van der Waals surface area (Å²) < 4.78 is 0. The van der Waals surface area contributed by atoms with E-state index in [1.54, 1.807) is 0 Å². The molecule has 1 fully saturated rings. The van der Waals surface area contributed by atoms with Crippen molar-refractivity contribution in [1.29, 1.82) is 0 Å². The van der Waals surface area contributed by atoms with Crippen molar-refractivity contribution in [2.45, 2.75) is 13.0 Å².